The van der Waals surface area contributed by atoms with Crippen LogP contribution in [0, 0.1) is 11.7 Å². The third-order valence-electron chi connectivity index (χ3n) is 7.02. The molecule has 0 bridgehead atoms. The van der Waals surface area contributed by atoms with Crippen molar-refractivity contribution in [3.63, 3.8) is 0 Å². The van der Waals surface area contributed by atoms with Gasteiger partial charge in [0.05, 0.1) is 25.6 Å². The van der Waals surface area contributed by atoms with Crippen molar-refractivity contribution in [1.29, 1.82) is 0 Å². The topological polar surface area (TPSA) is 50.6 Å². The Morgan fingerprint density at radius 2 is 1.47 bits per heavy atom. The van der Waals surface area contributed by atoms with E-state index >= 15 is 0 Å². The predicted octanol–water partition coefficient (Wildman–Crippen LogP) is -0.200. The van der Waals surface area contributed by atoms with Gasteiger partial charge in [-0.3, -0.25) is 4.79 Å². The molecule has 0 spiro atoms. The van der Waals surface area contributed by atoms with Crippen molar-refractivity contribution in [2.24, 2.45) is 5.92 Å². The number of carbonyl (C=O) groups excluding carboxylic acids is 1. The van der Waals surface area contributed by atoms with Gasteiger partial charge in [0.2, 0.25) is 0 Å². The van der Waals surface area contributed by atoms with Gasteiger partial charge in [-0.15, -0.1) is 0 Å². The largest absolute Gasteiger partial charge is 0.508 e. The van der Waals surface area contributed by atoms with Crippen LogP contribution in [-0.4, -0.2) is 63.2 Å². The Bertz CT molecular complexity index is 844. The molecule has 0 saturated carbocycles. The zero-order chi connectivity index (χ0) is 23.1. The predicted molar refractivity (Wildman–Crippen MR) is 124 cm³/mol. The minimum atomic E-state index is -0.178. The highest BCUT2D eigenvalue weighted by atomic mass is 19.1. The first-order valence-electron chi connectivity index (χ1n) is 12.0. The van der Waals surface area contributed by atoms with Crippen LogP contribution >= 0.6 is 0 Å². The normalized spacial score (nSPS) is 20.8. The van der Waals surface area contributed by atoms with E-state index in [1.807, 2.05) is 19.1 Å². The fourth-order valence-corrected chi connectivity index (χ4v) is 5.03. The summed E-state index contributed by atoms with van der Waals surface area (Å²) in [5, 5.41) is 9.44. The number of phenols is 1. The molecule has 1 aliphatic heterocycles. The number of piperazine rings is 1. The average molecular weight is 445 g/mol. The van der Waals surface area contributed by atoms with Gasteiger partial charge in [-0.2, -0.15) is 0 Å². The number of quaternary nitrogens is 3. The molecule has 1 fully saturated rings. The molecule has 6 heteroatoms. The maximum Gasteiger partial charge on any atom is 0.171 e. The second-order valence-corrected chi connectivity index (χ2v) is 9.19. The SMILES string of the molecule is CC[NH+](CC)[C@@H](C[NH+]1CC[NH+](C[C@@H](C)C(=O)c2ccc(O)cc2)CC1)c1ccc(F)cc1. The van der Waals surface area contributed by atoms with Crippen molar-refractivity contribution < 1.29 is 29.0 Å². The van der Waals surface area contributed by atoms with Crippen LogP contribution in [0.2, 0.25) is 0 Å². The monoisotopic (exact) mass is 444 g/mol. The lowest BCUT2D eigenvalue weighted by molar-refractivity contribution is -1.03. The summed E-state index contributed by atoms with van der Waals surface area (Å²) in [6.45, 7) is 14.8. The van der Waals surface area contributed by atoms with Crippen LogP contribution in [0.15, 0.2) is 48.5 Å². The molecule has 32 heavy (non-hydrogen) atoms. The van der Waals surface area contributed by atoms with Crippen LogP contribution in [0.5, 0.6) is 5.75 Å². The first kappa shape index (κ1) is 24.4. The van der Waals surface area contributed by atoms with Crippen molar-refractivity contribution in [2.45, 2.75) is 26.8 Å². The van der Waals surface area contributed by atoms with Gasteiger partial charge >= 0.3 is 0 Å². The molecule has 2 aromatic carbocycles. The number of halogens is 1. The Hall–Kier alpha value is -2.28. The van der Waals surface area contributed by atoms with E-state index in [2.05, 4.69) is 13.8 Å². The Morgan fingerprint density at radius 1 is 0.938 bits per heavy atom. The molecule has 1 aliphatic rings. The number of nitrogens with one attached hydrogen (secondary N) is 3. The fraction of sp³-hybridized carbons (Fsp3) is 0.500. The van der Waals surface area contributed by atoms with Gasteiger partial charge in [0, 0.05) is 11.1 Å². The van der Waals surface area contributed by atoms with Gasteiger partial charge in [-0.1, -0.05) is 0 Å². The van der Waals surface area contributed by atoms with E-state index in [-0.39, 0.29) is 23.3 Å². The smallest absolute Gasteiger partial charge is 0.171 e. The number of likely N-dealkylation sites (N-methyl/N-ethyl adjacent to an activating group) is 1. The third-order valence-corrected chi connectivity index (χ3v) is 7.02. The molecule has 0 aliphatic carbocycles. The molecule has 0 radical (unpaired) electrons. The maximum absolute atomic E-state index is 13.5. The summed E-state index contributed by atoms with van der Waals surface area (Å²) >= 11 is 0. The summed E-state index contributed by atoms with van der Waals surface area (Å²) in [5.74, 6) is 0.115. The zero-order valence-electron chi connectivity index (χ0n) is 19.7. The number of hydrogen-bond donors (Lipinski definition) is 4. The number of phenolic OH excluding ortho intramolecular Hbond substituents is 1. The van der Waals surface area contributed by atoms with E-state index in [1.54, 1.807) is 41.3 Å². The highest BCUT2D eigenvalue weighted by Crippen LogP contribution is 2.13. The van der Waals surface area contributed by atoms with Gasteiger partial charge < -0.3 is 19.8 Å². The molecule has 5 nitrogen and oxygen atoms in total. The van der Waals surface area contributed by atoms with Crippen LogP contribution in [0.4, 0.5) is 4.39 Å². The average Bonchev–Trinajstić information content (AvgIpc) is 2.81. The second kappa shape index (κ2) is 11.5. The molecular formula is C26H39FN3O2+3. The summed E-state index contributed by atoms with van der Waals surface area (Å²) in [6.07, 6.45) is 0. The Kier molecular flexibility index (Phi) is 8.79. The molecule has 3 rings (SSSR count). The number of aromatic hydroxyl groups is 1. The highest BCUT2D eigenvalue weighted by molar-refractivity contribution is 5.97. The van der Waals surface area contributed by atoms with Crippen LogP contribution < -0.4 is 14.7 Å². The summed E-state index contributed by atoms with van der Waals surface area (Å²) in [5.41, 5.74) is 1.89. The van der Waals surface area contributed by atoms with E-state index < -0.39 is 0 Å². The van der Waals surface area contributed by atoms with Crippen molar-refractivity contribution in [3.05, 3.63) is 65.5 Å². The van der Waals surface area contributed by atoms with Gasteiger partial charge in [0.1, 0.15) is 44.3 Å². The summed E-state index contributed by atoms with van der Waals surface area (Å²) in [7, 11) is 0. The molecule has 174 valence electrons. The molecule has 1 heterocycles. The molecule has 2 atom stereocenters. The first-order chi connectivity index (χ1) is 15.4. The molecule has 4 N–H and O–H groups in total. The number of hydrogen-bond acceptors (Lipinski definition) is 2. The number of carbonyl (C=O) groups is 1. The standard InChI is InChI=1S/C26H36FN3O2/c1-4-30(5-2)25(21-6-10-23(27)11-7-21)19-29-16-14-28(15-17-29)18-20(3)26(32)22-8-12-24(31)13-9-22/h6-13,20,25,31H,4-5,14-19H2,1-3H3/p+3/t20-,25+/m1/s1. The van der Waals surface area contributed by atoms with Crippen molar-refractivity contribution in [3.8, 4) is 5.75 Å². The van der Waals surface area contributed by atoms with Crippen LogP contribution in [0.3, 0.4) is 0 Å². The van der Waals surface area contributed by atoms with E-state index in [1.165, 1.54) is 15.4 Å². The van der Waals surface area contributed by atoms with Crippen LogP contribution in [0.1, 0.15) is 42.7 Å². The first-order valence-corrected chi connectivity index (χ1v) is 12.0. The van der Waals surface area contributed by atoms with Crippen molar-refractivity contribution >= 4 is 5.78 Å². The van der Waals surface area contributed by atoms with Gasteiger partial charge in [-0.25, -0.2) is 4.39 Å². The Labute approximate surface area is 191 Å². The molecule has 1 saturated heterocycles. The van der Waals surface area contributed by atoms with Crippen LogP contribution in [-0.2, 0) is 0 Å². The number of rotatable bonds is 10. The van der Waals surface area contributed by atoms with E-state index in [0.29, 0.717) is 11.6 Å². The number of ketones is 1. The fourth-order valence-electron chi connectivity index (χ4n) is 5.03. The highest BCUT2D eigenvalue weighted by Gasteiger charge is 2.32. The zero-order valence-corrected chi connectivity index (χ0v) is 19.7. The second-order valence-electron chi connectivity index (χ2n) is 9.19. The molecule has 0 unspecified atom stereocenters. The van der Waals surface area contributed by atoms with Crippen molar-refractivity contribution in [1.82, 2.24) is 0 Å². The lowest BCUT2D eigenvalue weighted by atomic mass is 9.98. The lowest BCUT2D eigenvalue weighted by Gasteiger charge is -2.34. The lowest BCUT2D eigenvalue weighted by Crippen LogP contribution is -3.30. The summed E-state index contributed by atoms with van der Waals surface area (Å²) < 4.78 is 13.5. The minimum Gasteiger partial charge on any atom is -0.508 e. The third kappa shape index (κ3) is 6.37. The van der Waals surface area contributed by atoms with E-state index in [0.717, 1.165) is 52.4 Å². The molecule has 0 amide bonds. The van der Waals surface area contributed by atoms with E-state index in [9.17, 15) is 14.3 Å². The molecular weight excluding hydrogens is 405 g/mol. The van der Waals surface area contributed by atoms with Crippen LogP contribution in [0.25, 0.3) is 0 Å². The van der Waals surface area contributed by atoms with Gasteiger partial charge in [0.25, 0.3) is 0 Å². The minimum absolute atomic E-state index is 0.0387. The number of Topliss-reactive ketones (excluding diaryl/α,β-unsaturated/α-hetero) is 1. The van der Waals surface area contributed by atoms with Crippen molar-refractivity contribution in [2.75, 3.05) is 52.4 Å². The quantitative estimate of drug-likeness (QED) is 0.384. The maximum atomic E-state index is 13.5. The summed E-state index contributed by atoms with van der Waals surface area (Å²) in [4.78, 5) is 17.4. The Balaban J connectivity index is 1.54. The Morgan fingerprint density at radius 3 is 2.00 bits per heavy atom. The van der Waals surface area contributed by atoms with E-state index in [4.69, 9.17) is 0 Å². The van der Waals surface area contributed by atoms with Gasteiger partial charge in [-0.05, 0) is 69.3 Å². The summed E-state index contributed by atoms with van der Waals surface area (Å²) in [6, 6.07) is 14.0. The molecule has 0 aromatic heterocycles. The molecule has 2 aromatic rings. The van der Waals surface area contributed by atoms with Gasteiger partial charge in [0.15, 0.2) is 11.8 Å². The number of benzene rings is 2.